The third-order valence-electron chi connectivity index (χ3n) is 6.32. The number of amides is 1. The topological polar surface area (TPSA) is 66.2 Å². The summed E-state index contributed by atoms with van der Waals surface area (Å²) in [6.45, 7) is 8.87. The van der Waals surface area contributed by atoms with Crippen molar-refractivity contribution in [3.05, 3.63) is 57.9 Å². The minimum atomic E-state index is -0.309. The Labute approximate surface area is 181 Å². The van der Waals surface area contributed by atoms with Crippen LogP contribution in [-0.4, -0.2) is 27.9 Å². The smallest absolute Gasteiger partial charge is 0.256 e. The maximum atomic E-state index is 13.1. The molecular weight excluding hydrogens is 398 g/mol. The third kappa shape index (κ3) is 2.85. The molecule has 30 heavy (non-hydrogen) atoms. The molecule has 0 saturated heterocycles. The lowest BCUT2D eigenvalue weighted by Gasteiger charge is -2.65. The lowest BCUT2D eigenvalue weighted by atomic mass is 9.49. The molecule has 1 aromatic carbocycles. The van der Waals surface area contributed by atoms with Gasteiger partial charge >= 0.3 is 0 Å². The predicted molar refractivity (Wildman–Crippen MR) is 114 cm³/mol. The Hall–Kier alpha value is -3.02. The van der Waals surface area contributed by atoms with Crippen molar-refractivity contribution < 1.29 is 9.53 Å². The highest BCUT2D eigenvalue weighted by Crippen LogP contribution is 2.59. The molecule has 1 saturated carbocycles. The van der Waals surface area contributed by atoms with Crippen molar-refractivity contribution in [2.75, 3.05) is 0 Å². The van der Waals surface area contributed by atoms with Gasteiger partial charge in [-0.25, -0.2) is 4.98 Å². The van der Waals surface area contributed by atoms with Crippen molar-refractivity contribution in [1.82, 2.24) is 9.88 Å². The molecule has 1 aliphatic heterocycles. The molecule has 1 amide bonds. The summed E-state index contributed by atoms with van der Waals surface area (Å²) in [5.74, 6) is 3.12. The molecule has 0 bridgehead atoms. The molecule has 152 valence electrons. The number of hydrogen-bond acceptors (Lipinski definition) is 4. The average molecular weight is 420 g/mol. The fourth-order valence-corrected chi connectivity index (χ4v) is 5.72. The van der Waals surface area contributed by atoms with E-state index in [0.29, 0.717) is 34.1 Å². The summed E-state index contributed by atoms with van der Waals surface area (Å²) in [6.07, 6.45) is 5.31. The maximum absolute atomic E-state index is 13.1. The van der Waals surface area contributed by atoms with E-state index in [0.717, 1.165) is 5.69 Å². The number of rotatable bonds is 3. The van der Waals surface area contributed by atoms with Crippen LogP contribution in [0, 0.1) is 34.5 Å². The van der Waals surface area contributed by atoms with Crippen molar-refractivity contribution in [3.8, 4) is 24.2 Å². The second-order valence-electron chi connectivity index (χ2n) is 9.06. The summed E-state index contributed by atoms with van der Waals surface area (Å²) in [4.78, 5) is 19.5. The van der Waals surface area contributed by atoms with Gasteiger partial charge in [0.1, 0.15) is 23.6 Å². The lowest BCUT2D eigenvalue weighted by Crippen LogP contribution is -2.74. The van der Waals surface area contributed by atoms with Gasteiger partial charge in [-0.05, 0) is 24.3 Å². The van der Waals surface area contributed by atoms with Crippen molar-refractivity contribution >= 4 is 17.5 Å². The molecule has 1 aromatic heterocycles. The number of terminal acetylenes is 1. The maximum Gasteiger partial charge on any atom is 0.256 e. The van der Waals surface area contributed by atoms with Gasteiger partial charge in [-0.2, -0.15) is 5.26 Å². The molecular formula is C24H22ClN3O2. The molecule has 0 spiro atoms. The Morgan fingerprint density at radius 3 is 2.53 bits per heavy atom. The molecule has 0 radical (unpaired) electrons. The number of carbonyl (C=O) groups is 1. The first-order chi connectivity index (χ1) is 14.1. The molecule has 2 aromatic rings. The SMILES string of the molecule is C#Cc1ccc2c(n1)CN([C@H]1C(C)(C)[C@H](Oc3ccc(C#N)c(Cl)c3)C1(C)C)C2=O. The highest BCUT2D eigenvalue weighted by molar-refractivity contribution is 6.31. The number of nitrogens with zero attached hydrogens (tertiary/aromatic N) is 3. The van der Waals surface area contributed by atoms with Crippen LogP contribution in [0.15, 0.2) is 30.3 Å². The second kappa shape index (κ2) is 6.76. The van der Waals surface area contributed by atoms with Crippen LogP contribution in [0.4, 0.5) is 0 Å². The van der Waals surface area contributed by atoms with Gasteiger partial charge < -0.3 is 9.64 Å². The van der Waals surface area contributed by atoms with Gasteiger partial charge in [-0.1, -0.05) is 45.2 Å². The number of nitriles is 1. The Morgan fingerprint density at radius 2 is 1.93 bits per heavy atom. The van der Waals surface area contributed by atoms with Gasteiger partial charge in [-0.15, -0.1) is 6.42 Å². The molecule has 1 aliphatic carbocycles. The second-order valence-corrected chi connectivity index (χ2v) is 9.47. The minimum Gasteiger partial charge on any atom is -0.489 e. The zero-order chi connectivity index (χ0) is 21.8. The van der Waals surface area contributed by atoms with E-state index >= 15 is 0 Å². The van der Waals surface area contributed by atoms with Crippen LogP contribution < -0.4 is 4.74 Å². The van der Waals surface area contributed by atoms with E-state index in [1.807, 2.05) is 4.90 Å². The van der Waals surface area contributed by atoms with Crippen molar-refractivity contribution in [1.29, 1.82) is 5.26 Å². The monoisotopic (exact) mass is 419 g/mol. The summed E-state index contributed by atoms with van der Waals surface area (Å²) in [6, 6.07) is 10.6. The fraction of sp³-hybridized carbons (Fsp3) is 0.375. The summed E-state index contributed by atoms with van der Waals surface area (Å²) in [5, 5.41) is 9.44. The molecule has 4 rings (SSSR count). The molecule has 0 unspecified atom stereocenters. The quantitative estimate of drug-likeness (QED) is 0.690. The van der Waals surface area contributed by atoms with Crippen LogP contribution in [0.1, 0.15) is 55.0 Å². The van der Waals surface area contributed by atoms with E-state index in [-0.39, 0.29) is 28.9 Å². The summed E-state index contributed by atoms with van der Waals surface area (Å²) >= 11 is 6.17. The zero-order valence-electron chi connectivity index (χ0n) is 17.4. The minimum absolute atomic E-state index is 0.0212. The third-order valence-corrected chi connectivity index (χ3v) is 6.63. The standard InChI is InChI=1S/C24H22ClN3O2/c1-6-15-8-10-17-19(27-15)13-28(20(17)29)21-23(2,3)22(24(21,4)5)30-16-9-7-14(12-26)18(25)11-16/h1,7-11,21-22H,13H2,2-5H3/t21-,22-. The summed E-state index contributed by atoms with van der Waals surface area (Å²) in [5.41, 5.74) is 1.67. The van der Waals surface area contributed by atoms with E-state index in [4.69, 9.17) is 28.0 Å². The number of aromatic nitrogens is 1. The van der Waals surface area contributed by atoms with Gasteiger partial charge in [0.2, 0.25) is 0 Å². The highest BCUT2D eigenvalue weighted by Gasteiger charge is 2.67. The van der Waals surface area contributed by atoms with Crippen molar-refractivity contribution in [3.63, 3.8) is 0 Å². The van der Waals surface area contributed by atoms with E-state index in [2.05, 4.69) is 44.7 Å². The van der Waals surface area contributed by atoms with Crippen LogP contribution in [0.25, 0.3) is 0 Å². The first-order valence-electron chi connectivity index (χ1n) is 9.75. The first-order valence-corrected chi connectivity index (χ1v) is 10.1. The molecule has 1 fully saturated rings. The Bertz CT molecular complexity index is 1120. The molecule has 2 aliphatic rings. The van der Waals surface area contributed by atoms with Gasteiger partial charge in [-0.3, -0.25) is 4.79 Å². The van der Waals surface area contributed by atoms with Crippen molar-refractivity contribution in [2.24, 2.45) is 10.8 Å². The number of ether oxygens (including phenoxy) is 1. The van der Waals surface area contributed by atoms with Gasteiger partial charge in [0.25, 0.3) is 5.91 Å². The molecule has 0 atom stereocenters. The Morgan fingerprint density at radius 1 is 1.23 bits per heavy atom. The highest BCUT2D eigenvalue weighted by atomic mass is 35.5. The molecule has 6 heteroatoms. The average Bonchev–Trinajstić information content (AvgIpc) is 3.00. The molecule has 2 heterocycles. The fourth-order valence-electron chi connectivity index (χ4n) is 5.50. The van der Waals surface area contributed by atoms with Gasteiger partial charge in [0, 0.05) is 22.9 Å². The lowest BCUT2D eigenvalue weighted by molar-refractivity contribution is -0.199. The number of halogens is 1. The number of hydrogen-bond donors (Lipinski definition) is 0. The van der Waals surface area contributed by atoms with E-state index in [9.17, 15) is 4.79 Å². The Balaban J connectivity index is 1.60. The predicted octanol–water partition coefficient (Wildman–Crippen LogP) is 4.43. The number of carbonyl (C=O) groups excluding carboxylic acids is 1. The first kappa shape index (κ1) is 20.3. The van der Waals surface area contributed by atoms with E-state index in [1.54, 1.807) is 30.3 Å². The molecule has 5 nitrogen and oxygen atoms in total. The summed E-state index contributed by atoms with van der Waals surface area (Å²) < 4.78 is 6.33. The van der Waals surface area contributed by atoms with Crippen LogP contribution in [0.2, 0.25) is 5.02 Å². The van der Waals surface area contributed by atoms with Gasteiger partial charge in [0.05, 0.1) is 28.4 Å². The van der Waals surface area contributed by atoms with Crippen LogP contribution in [0.3, 0.4) is 0 Å². The zero-order valence-corrected chi connectivity index (χ0v) is 18.1. The number of fused-ring (bicyclic) bond motifs is 1. The summed E-state index contributed by atoms with van der Waals surface area (Å²) in [7, 11) is 0. The normalized spacial score (nSPS) is 23.2. The number of benzene rings is 1. The van der Waals surface area contributed by atoms with Crippen LogP contribution >= 0.6 is 11.6 Å². The largest absolute Gasteiger partial charge is 0.489 e. The van der Waals surface area contributed by atoms with Gasteiger partial charge in [0.15, 0.2) is 0 Å². The Kier molecular flexibility index (Phi) is 4.56. The van der Waals surface area contributed by atoms with E-state index < -0.39 is 0 Å². The number of pyridine rings is 1. The van der Waals surface area contributed by atoms with Crippen molar-refractivity contribution in [2.45, 2.75) is 46.4 Å². The van der Waals surface area contributed by atoms with Crippen LogP contribution in [0.5, 0.6) is 5.75 Å². The van der Waals surface area contributed by atoms with Crippen LogP contribution in [-0.2, 0) is 6.54 Å². The van der Waals surface area contributed by atoms with E-state index in [1.165, 1.54) is 0 Å². The molecule has 0 N–H and O–H groups in total.